The van der Waals surface area contributed by atoms with E-state index in [1.165, 1.54) is 12.1 Å². The highest BCUT2D eigenvalue weighted by atomic mass is 19.1. The molecule has 0 aliphatic carbocycles. The molecule has 0 N–H and O–H groups in total. The van der Waals surface area contributed by atoms with Gasteiger partial charge in [0.15, 0.2) is 0 Å². The van der Waals surface area contributed by atoms with Gasteiger partial charge in [0.2, 0.25) is 0 Å². The number of nitriles is 1. The van der Waals surface area contributed by atoms with Crippen LogP contribution < -0.4 is 0 Å². The highest BCUT2D eigenvalue weighted by Gasteiger charge is 2.10. The Morgan fingerprint density at radius 1 is 0.950 bits per heavy atom. The molecule has 0 fully saturated rings. The Hall–Kier alpha value is -2.86. The zero-order valence-corrected chi connectivity index (χ0v) is 10.5. The lowest BCUT2D eigenvalue weighted by molar-refractivity contribution is 0.629. The molecule has 0 atom stereocenters. The molecule has 2 heterocycles. The standard InChI is InChI=1S/C17H9FN2/c18-13-5-6-16-11(7-13)8-14-9-12(10-19)15-3-1-2-4-17(15)20(14)16/h1-9H. The molecule has 20 heavy (non-hydrogen) atoms. The fourth-order valence-electron chi connectivity index (χ4n) is 2.80. The first-order valence-electron chi connectivity index (χ1n) is 6.30. The van der Waals surface area contributed by atoms with E-state index in [0.717, 1.165) is 27.3 Å². The minimum Gasteiger partial charge on any atom is -0.309 e. The van der Waals surface area contributed by atoms with Crippen molar-refractivity contribution in [1.82, 2.24) is 4.40 Å². The molecule has 2 aromatic heterocycles. The predicted molar refractivity (Wildman–Crippen MR) is 77.1 cm³/mol. The van der Waals surface area contributed by atoms with Gasteiger partial charge < -0.3 is 4.40 Å². The number of hydrogen-bond acceptors (Lipinski definition) is 1. The van der Waals surface area contributed by atoms with E-state index in [9.17, 15) is 9.65 Å². The number of fused-ring (bicyclic) bond motifs is 5. The first-order chi connectivity index (χ1) is 9.78. The lowest BCUT2D eigenvalue weighted by Crippen LogP contribution is -1.90. The molecule has 0 aliphatic heterocycles. The lowest BCUT2D eigenvalue weighted by Gasteiger charge is -2.06. The van der Waals surface area contributed by atoms with Crippen molar-refractivity contribution in [3.63, 3.8) is 0 Å². The minimum atomic E-state index is -0.252. The van der Waals surface area contributed by atoms with Crippen LogP contribution in [0.25, 0.3) is 27.3 Å². The maximum Gasteiger partial charge on any atom is 0.123 e. The highest BCUT2D eigenvalue weighted by Crippen LogP contribution is 2.28. The van der Waals surface area contributed by atoms with E-state index in [-0.39, 0.29) is 5.82 Å². The smallest absolute Gasteiger partial charge is 0.123 e. The Balaban J connectivity index is 2.34. The number of halogens is 1. The summed E-state index contributed by atoms with van der Waals surface area (Å²) in [6.45, 7) is 0. The van der Waals surface area contributed by atoms with Gasteiger partial charge in [0.05, 0.1) is 22.7 Å². The number of aromatic nitrogens is 1. The SMILES string of the molecule is N#Cc1cc2cc3cc(F)ccc3n2c2ccccc12. The van der Waals surface area contributed by atoms with E-state index in [2.05, 4.69) is 10.5 Å². The summed E-state index contributed by atoms with van der Waals surface area (Å²) in [6.07, 6.45) is 0. The van der Waals surface area contributed by atoms with Gasteiger partial charge in [-0.1, -0.05) is 18.2 Å². The van der Waals surface area contributed by atoms with Gasteiger partial charge in [0.1, 0.15) is 5.82 Å². The number of hydrogen-bond donors (Lipinski definition) is 0. The van der Waals surface area contributed by atoms with E-state index in [4.69, 9.17) is 0 Å². The van der Waals surface area contributed by atoms with Crippen LogP contribution in [0.4, 0.5) is 4.39 Å². The molecule has 0 saturated carbocycles. The van der Waals surface area contributed by atoms with E-state index in [1.54, 1.807) is 6.07 Å². The first-order valence-corrected chi connectivity index (χ1v) is 6.30. The zero-order chi connectivity index (χ0) is 13.7. The zero-order valence-electron chi connectivity index (χ0n) is 10.5. The van der Waals surface area contributed by atoms with Crippen molar-refractivity contribution in [2.45, 2.75) is 0 Å². The van der Waals surface area contributed by atoms with Gasteiger partial charge in [0, 0.05) is 16.3 Å². The highest BCUT2D eigenvalue weighted by molar-refractivity contribution is 5.97. The van der Waals surface area contributed by atoms with E-state index >= 15 is 0 Å². The summed E-state index contributed by atoms with van der Waals surface area (Å²) in [7, 11) is 0. The molecular formula is C17H9FN2. The maximum absolute atomic E-state index is 13.4. The monoisotopic (exact) mass is 260 g/mol. The molecule has 4 aromatic rings. The van der Waals surface area contributed by atoms with E-state index < -0.39 is 0 Å². The summed E-state index contributed by atoms with van der Waals surface area (Å²) in [5, 5.41) is 11.0. The molecule has 0 saturated heterocycles. The summed E-state index contributed by atoms with van der Waals surface area (Å²) in [5.41, 5.74) is 3.45. The summed E-state index contributed by atoms with van der Waals surface area (Å²) in [6, 6.07) is 18.5. The van der Waals surface area contributed by atoms with Crippen molar-refractivity contribution in [3.05, 3.63) is 66.0 Å². The fourth-order valence-corrected chi connectivity index (χ4v) is 2.80. The van der Waals surface area contributed by atoms with Crippen molar-refractivity contribution >= 4 is 27.3 Å². The summed E-state index contributed by atoms with van der Waals surface area (Å²) in [5.74, 6) is -0.252. The second kappa shape index (κ2) is 3.82. The fraction of sp³-hybridized carbons (Fsp3) is 0. The lowest BCUT2D eigenvalue weighted by atomic mass is 10.1. The molecule has 3 heteroatoms. The van der Waals surface area contributed by atoms with E-state index in [0.29, 0.717) is 5.56 Å². The number of para-hydroxylation sites is 1. The minimum absolute atomic E-state index is 0.252. The van der Waals surface area contributed by atoms with Crippen LogP contribution in [0, 0.1) is 17.1 Å². The van der Waals surface area contributed by atoms with Crippen molar-refractivity contribution in [2.75, 3.05) is 0 Å². The molecule has 0 amide bonds. The van der Waals surface area contributed by atoms with Crippen LogP contribution in [0.15, 0.2) is 54.6 Å². The summed E-state index contributed by atoms with van der Waals surface area (Å²) < 4.78 is 15.4. The second-order valence-corrected chi connectivity index (χ2v) is 4.79. The summed E-state index contributed by atoms with van der Waals surface area (Å²) in [4.78, 5) is 0. The van der Waals surface area contributed by atoms with Gasteiger partial charge in [-0.2, -0.15) is 5.26 Å². The van der Waals surface area contributed by atoms with Crippen molar-refractivity contribution in [3.8, 4) is 6.07 Å². The quantitative estimate of drug-likeness (QED) is 0.464. The maximum atomic E-state index is 13.4. The van der Waals surface area contributed by atoms with Crippen molar-refractivity contribution in [2.24, 2.45) is 0 Å². The number of pyridine rings is 1. The number of rotatable bonds is 0. The summed E-state index contributed by atoms with van der Waals surface area (Å²) >= 11 is 0. The topological polar surface area (TPSA) is 28.2 Å². The third kappa shape index (κ3) is 1.36. The average Bonchev–Trinajstić information content (AvgIpc) is 2.83. The Kier molecular flexibility index (Phi) is 2.10. The van der Waals surface area contributed by atoms with Crippen LogP contribution in [0.1, 0.15) is 5.56 Å². The van der Waals surface area contributed by atoms with Gasteiger partial charge in [-0.3, -0.25) is 0 Å². The average molecular weight is 260 g/mol. The molecule has 4 rings (SSSR count). The molecule has 2 nitrogen and oxygen atoms in total. The van der Waals surface area contributed by atoms with Crippen LogP contribution >= 0.6 is 0 Å². The van der Waals surface area contributed by atoms with Crippen LogP contribution in [0.5, 0.6) is 0 Å². The van der Waals surface area contributed by atoms with Crippen LogP contribution in [-0.4, -0.2) is 4.40 Å². The molecule has 0 bridgehead atoms. The normalized spacial score (nSPS) is 11.2. The molecule has 0 unspecified atom stereocenters. The van der Waals surface area contributed by atoms with Crippen LogP contribution in [-0.2, 0) is 0 Å². The third-order valence-corrected chi connectivity index (χ3v) is 3.64. The molecule has 0 aliphatic rings. The number of nitrogens with zero attached hydrogens (tertiary/aromatic N) is 2. The van der Waals surface area contributed by atoms with Crippen molar-refractivity contribution in [1.29, 1.82) is 5.26 Å². The largest absolute Gasteiger partial charge is 0.309 e. The van der Waals surface area contributed by atoms with Gasteiger partial charge in [-0.05, 0) is 36.4 Å². The van der Waals surface area contributed by atoms with Gasteiger partial charge >= 0.3 is 0 Å². The molecular weight excluding hydrogens is 251 g/mol. The molecule has 2 aromatic carbocycles. The van der Waals surface area contributed by atoms with Crippen molar-refractivity contribution < 1.29 is 4.39 Å². The Bertz CT molecular complexity index is 1020. The Labute approximate surface area is 114 Å². The molecule has 0 radical (unpaired) electrons. The number of benzene rings is 2. The predicted octanol–water partition coefficient (Wildman–Crippen LogP) is 4.26. The van der Waals surface area contributed by atoms with Gasteiger partial charge in [-0.25, -0.2) is 4.39 Å². The van der Waals surface area contributed by atoms with Crippen LogP contribution in [0.3, 0.4) is 0 Å². The second-order valence-electron chi connectivity index (χ2n) is 4.79. The molecule has 94 valence electrons. The molecule has 0 spiro atoms. The first kappa shape index (κ1) is 11.0. The van der Waals surface area contributed by atoms with E-state index in [1.807, 2.05) is 36.4 Å². The Morgan fingerprint density at radius 2 is 1.80 bits per heavy atom. The van der Waals surface area contributed by atoms with Gasteiger partial charge in [0.25, 0.3) is 0 Å². The van der Waals surface area contributed by atoms with Crippen LogP contribution in [0.2, 0.25) is 0 Å². The third-order valence-electron chi connectivity index (χ3n) is 3.64. The van der Waals surface area contributed by atoms with Gasteiger partial charge in [-0.15, -0.1) is 0 Å². The Morgan fingerprint density at radius 3 is 2.65 bits per heavy atom.